The minimum atomic E-state index is -1.45. The number of Topliss-reactive ketones (excluding diaryl/α,β-unsaturated/α-hetero) is 1. The van der Waals surface area contributed by atoms with E-state index in [1.165, 1.54) is 11.1 Å². The molecule has 0 heterocycles. The zero-order chi connectivity index (χ0) is 21.0. The van der Waals surface area contributed by atoms with Crippen LogP contribution in [0.2, 0.25) is 0 Å². The van der Waals surface area contributed by atoms with E-state index in [2.05, 4.69) is 13.0 Å². The van der Waals surface area contributed by atoms with Crippen molar-refractivity contribution in [1.82, 2.24) is 0 Å². The Bertz CT molecular complexity index is 823. The summed E-state index contributed by atoms with van der Waals surface area (Å²) >= 11 is 0. The Morgan fingerprint density at radius 3 is 2.69 bits per heavy atom. The van der Waals surface area contributed by atoms with Gasteiger partial charge < -0.3 is 9.84 Å². The van der Waals surface area contributed by atoms with Crippen LogP contribution in [0.1, 0.15) is 72.1 Å². The van der Waals surface area contributed by atoms with E-state index in [0.29, 0.717) is 25.2 Å². The minimum Gasteiger partial charge on any atom is -0.458 e. The van der Waals surface area contributed by atoms with Gasteiger partial charge in [0.2, 0.25) is 5.78 Å². The molecule has 158 valence electrons. The monoisotopic (exact) mass is 400 g/mol. The fraction of sp³-hybridized carbons (Fsp3) is 0.708. The van der Waals surface area contributed by atoms with Gasteiger partial charge in [-0.1, -0.05) is 38.0 Å². The summed E-state index contributed by atoms with van der Waals surface area (Å²) in [5, 5.41) is 11.5. The summed E-state index contributed by atoms with van der Waals surface area (Å²) in [6.07, 6.45) is 9.55. The Hall–Kier alpha value is -1.75. The Morgan fingerprint density at radius 1 is 1.21 bits per heavy atom. The molecule has 5 heteroatoms. The smallest absolute Gasteiger partial charge is 0.305 e. The molecule has 4 rings (SSSR count). The van der Waals surface area contributed by atoms with Crippen LogP contribution in [0.15, 0.2) is 23.3 Å². The van der Waals surface area contributed by atoms with Gasteiger partial charge in [0.25, 0.3) is 0 Å². The van der Waals surface area contributed by atoms with Crippen LogP contribution in [-0.2, 0) is 19.1 Å². The fourth-order valence-electron chi connectivity index (χ4n) is 6.70. The van der Waals surface area contributed by atoms with Gasteiger partial charge in [-0.2, -0.15) is 0 Å². The SMILES string of the molecule is CCC(=O)OCC(=O)[C@@]1(O)CC[C@H]2[C@@H]3CCC4=CC(=O)CC[C@]4(C)C3=CC[C@@]21C. The van der Waals surface area contributed by atoms with Crippen LogP contribution in [-0.4, -0.2) is 34.9 Å². The van der Waals surface area contributed by atoms with Gasteiger partial charge in [-0.05, 0) is 56.4 Å². The first-order chi connectivity index (χ1) is 13.7. The number of aliphatic hydroxyl groups is 1. The highest BCUT2D eigenvalue weighted by atomic mass is 16.5. The van der Waals surface area contributed by atoms with Gasteiger partial charge in [-0.25, -0.2) is 0 Å². The van der Waals surface area contributed by atoms with E-state index in [4.69, 9.17) is 4.74 Å². The maximum Gasteiger partial charge on any atom is 0.305 e. The van der Waals surface area contributed by atoms with Gasteiger partial charge in [-0.15, -0.1) is 0 Å². The molecule has 0 spiro atoms. The van der Waals surface area contributed by atoms with Gasteiger partial charge in [0.05, 0.1) is 0 Å². The van der Waals surface area contributed by atoms with Gasteiger partial charge in [-0.3, -0.25) is 14.4 Å². The van der Waals surface area contributed by atoms with Gasteiger partial charge >= 0.3 is 5.97 Å². The van der Waals surface area contributed by atoms with Crippen LogP contribution >= 0.6 is 0 Å². The molecule has 29 heavy (non-hydrogen) atoms. The number of esters is 1. The molecule has 5 nitrogen and oxygen atoms in total. The third kappa shape index (κ3) is 2.88. The number of fused-ring (bicyclic) bond motifs is 5. The molecule has 0 aromatic heterocycles. The summed E-state index contributed by atoms with van der Waals surface area (Å²) in [4.78, 5) is 36.4. The molecule has 0 aliphatic heterocycles. The lowest BCUT2D eigenvalue weighted by Gasteiger charge is -2.54. The third-order valence-electron chi connectivity index (χ3n) is 8.60. The van der Waals surface area contributed by atoms with E-state index >= 15 is 0 Å². The zero-order valence-electron chi connectivity index (χ0n) is 17.8. The summed E-state index contributed by atoms with van der Waals surface area (Å²) in [5.41, 5.74) is 0.626. The van der Waals surface area contributed by atoms with Crippen molar-refractivity contribution in [3.63, 3.8) is 0 Å². The van der Waals surface area contributed by atoms with Crippen molar-refractivity contribution < 1.29 is 24.2 Å². The summed E-state index contributed by atoms with van der Waals surface area (Å²) < 4.78 is 5.06. The summed E-state index contributed by atoms with van der Waals surface area (Å²) in [7, 11) is 0. The van der Waals surface area contributed by atoms with E-state index < -0.39 is 17.0 Å². The van der Waals surface area contributed by atoms with E-state index in [1.54, 1.807) is 6.92 Å². The third-order valence-corrected chi connectivity index (χ3v) is 8.60. The van der Waals surface area contributed by atoms with Crippen molar-refractivity contribution >= 4 is 17.5 Å². The Morgan fingerprint density at radius 2 is 1.97 bits per heavy atom. The summed E-state index contributed by atoms with van der Waals surface area (Å²) in [6, 6.07) is 0. The first kappa shape index (κ1) is 20.5. The predicted octanol–water partition coefficient (Wildman–Crippen LogP) is 3.69. The normalized spacial score (nSPS) is 40.9. The number of hydrogen-bond acceptors (Lipinski definition) is 5. The van der Waals surface area contributed by atoms with Crippen LogP contribution in [0, 0.1) is 22.7 Å². The lowest BCUT2D eigenvalue weighted by molar-refractivity contribution is -0.163. The van der Waals surface area contributed by atoms with Crippen molar-refractivity contribution in [2.45, 2.75) is 77.7 Å². The van der Waals surface area contributed by atoms with Crippen LogP contribution in [0.5, 0.6) is 0 Å². The first-order valence-electron chi connectivity index (χ1n) is 11.0. The van der Waals surface area contributed by atoms with Crippen molar-refractivity contribution in [1.29, 1.82) is 0 Å². The van der Waals surface area contributed by atoms with E-state index in [0.717, 1.165) is 25.7 Å². The standard InChI is InChI=1S/C24H32O5/c1-4-21(27)29-14-20(26)24(28)12-9-19-17-6-5-15-13-16(25)7-10-22(15,2)18(17)8-11-23(19,24)3/h8,13,17,19,28H,4-7,9-12,14H2,1-3H3/t17-,19+,22+,23+,24+/m1/s1. The molecule has 0 aromatic carbocycles. The number of ether oxygens (including phenoxy) is 1. The molecule has 0 radical (unpaired) electrons. The molecule has 0 saturated heterocycles. The molecular weight excluding hydrogens is 368 g/mol. The molecule has 2 fully saturated rings. The molecule has 4 aliphatic carbocycles. The highest BCUT2D eigenvalue weighted by Crippen LogP contribution is 2.65. The second-order valence-electron chi connectivity index (χ2n) is 9.84. The maximum atomic E-state index is 12.9. The lowest BCUT2D eigenvalue weighted by Crippen LogP contribution is -2.55. The Labute approximate surface area is 172 Å². The molecule has 4 aliphatic rings. The quantitative estimate of drug-likeness (QED) is 0.575. The number of allylic oxidation sites excluding steroid dienone is 4. The first-order valence-corrected chi connectivity index (χ1v) is 11.0. The fourth-order valence-corrected chi connectivity index (χ4v) is 6.70. The molecular formula is C24H32O5. The molecule has 0 bridgehead atoms. The second kappa shape index (κ2) is 6.90. The molecule has 0 unspecified atom stereocenters. The number of hydrogen-bond donors (Lipinski definition) is 1. The number of carbonyl (C=O) groups excluding carboxylic acids is 3. The van der Waals surface area contributed by atoms with E-state index in [-0.39, 0.29) is 35.9 Å². The highest BCUT2D eigenvalue weighted by molar-refractivity contribution is 5.92. The van der Waals surface area contributed by atoms with Gasteiger partial charge in [0.15, 0.2) is 12.4 Å². The largest absolute Gasteiger partial charge is 0.458 e. The van der Waals surface area contributed by atoms with E-state index in [9.17, 15) is 19.5 Å². The average molecular weight is 401 g/mol. The minimum absolute atomic E-state index is 0.0560. The Balaban J connectivity index is 1.63. The molecule has 0 amide bonds. The number of rotatable bonds is 4. The van der Waals surface area contributed by atoms with Gasteiger partial charge in [0.1, 0.15) is 5.60 Å². The lowest BCUT2D eigenvalue weighted by atomic mass is 9.50. The number of carbonyl (C=O) groups is 3. The summed E-state index contributed by atoms with van der Waals surface area (Å²) in [5.74, 6) is 0.0175. The summed E-state index contributed by atoms with van der Waals surface area (Å²) in [6.45, 7) is 5.64. The topological polar surface area (TPSA) is 80.7 Å². The van der Waals surface area contributed by atoms with Crippen molar-refractivity contribution in [2.75, 3.05) is 6.61 Å². The van der Waals surface area contributed by atoms with E-state index in [1.807, 2.05) is 13.0 Å². The average Bonchev–Trinajstić information content (AvgIpc) is 2.98. The van der Waals surface area contributed by atoms with Crippen LogP contribution in [0.3, 0.4) is 0 Å². The predicted molar refractivity (Wildman–Crippen MR) is 108 cm³/mol. The highest BCUT2D eigenvalue weighted by Gasteiger charge is 2.64. The second-order valence-corrected chi connectivity index (χ2v) is 9.84. The van der Waals surface area contributed by atoms with Crippen LogP contribution in [0.4, 0.5) is 0 Å². The van der Waals surface area contributed by atoms with Crippen molar-refractivity contribution in [2.24, 2.45) is 22.7 Å². The van der Waals surface area contributed by atoms with Gasteiger partial charge in [0, 0.05) is 23.7 Å². The Kier molecular flexibility index (Phi) is 4.88. The van der Waals surface area contributed by atoms with Crippen LogP contribution < -0.4 is 0 Å². The van der Waals surface area contributed by atoms with Crippen molar-refractivity contribution in [3.05, 3.63) is 23.3 Å². The zero-order valence-corrected chi connectivity index (χ0v) is 17.8. The number of ketones is 2. The van der Waals surface area contributed by atoms with Crippen LogP contribution in [0.25, 0.3) is 0 Å². The van der Waals surface area contributed by atoms with Crippen molar-refractivity contribution in [3.8, 4) is 0 Å². The molecule has 5 atom stereocenters. The molecule has 0 aromatic rings. The maximum absolute atomic E-state index is 12.9. The molecule has 2 saturated carbocycles. The molecule has 1 N–H and O–H groups in total.